The van der Waals surface area contributed by atoms with E-state index in [0.717, 1.165) is 17.6 Å². The van der Waals surface area contributed by atoms with Gasteiger partial charge in [0, 0.05) is 54.4 Å². The zero-order valence-electron chi connectivity index (χ0n) is 21.6. The molecule has 0 unspecified atom stereocenters. The van der Waals surface area contributed by atoms with Crippen molar-refractivity contribution in [2.45, 2.75) is 31.9 Å². The lowest BCUT2D eigenvalue weighted by Crippen LogP contribution is -2.36. The molecular weight excluding hydrogens is 488 g/mol. The van der Waals surface area contributed by atoms with Gasteiger partial charge in [0.25, 0.3) is 0 Å². The van der Waals surface area contributed by atoms with Gasteiger partial charge in [-0.05, 0) is 24.1 Å². The molecule has 2 N–H and O–H groups in total. The molecular formula is C29H30N2O7. The molecule has 2 aromatic carbocycles. The number of fused-ring (bicyclic) bond motifs is 3. The van der Waals surface area contributed by atoms with Gasteiger partial charge >= 0.3 is 0 Å². The van der Waals surface area contributed by atoms with Gasteiger partial charge in [0.2, 0.25) is 17.1 Å². The van der Waals surface area contributed by atoms with Crippen LogP contribution in [-0.4, -0.2) is 48.8 Å². The molecule has 9 nitrogen and oxygen atoms in total. The van der Waals surface area contributed by atoms with Gasteiger partial charge in [0.1, 0.15) is 23.9 Å². The Bertz CT molecular complexity index is 1540. The van der Waals surface area contributed by atoms with Crippen LogP contribution in [0.15, 0.2) is 57.7 Å². The number of carbonyl (C=O) groups is 1. The minimum absolute atomic E-state index is 0.00956. The monoisotopic (exact) mass is 518 g/mol. The molecule has 1 aliphatic rings. The number of para-hydroxylation sites is 1. The minimum Gasteiger partial charge on any atom is -0.502 e. The summed E-state index contributed by atoms with van der Waals surface area (Å²) >= 11 is 0. The number of hydrogen-bond donors (Lipinski definition) is 2. The zero-order valence-corrected chi connectivity index (χ0v) is 21.6. The van der Waals surface area contributed by atoms with Crippen LogP contribution in [0.4, 0.5) is 0 Å². The molecule has 0 fully saturated rings. The van der Waals surface area contributed by atoms with E-state index in [2.05, 4.69) is 11.1 Å². The topological polar surface area (TPSA) is 114 Å². The van der Waals surface area contributed by atoms with Crippen molar-refractivity contribution in [2.24, 2.45) is 0 Å². The first-order chi connectivity index (χ1) is 18.4. The highest BCUT2D eigenvalue weighted by Crippen LogP contribution is 2.40. The Morgan fingerprint density at radius 1 is 1.13 bits per heavy atom. The van der Waals surface area contributed by atoms with E-state index >= 15 is 0 Å². The summed E-state index contributed by atoms with van der Waals surface area (Å²) < 4.78 is 22.0. The third kappa shape index (κ3) is 4.72. The molecule has 9 heteroatoms. The number of amides is 1. The van der Waals surface area contributed by atoms with Crippen LogP contribution < -0.4 is 14.9 Å². The van der Waals surface area contributed by atoms with Gasteiger partial charge in [0.15, 0.2) is 5.76 Å². The van der Waals surface area contributed by atoms with Gasteiger partial charge < -0.3 is 33.6 Å². The maximum absolute atomic E-state index is 13.7. The lowest BCUT2D eigenvalue weighted by Gasteiger charge is -2.29. The maximum Gasteiger partial charge on any atom is 0.227 e. The van der Waals surface area contributed by atoms with E-state index in [9.17, 15) is 14.7 Å². The van der Waals surface area contributed by atoms with Crippen molar-refractivity contribution in [2.75, 3.05) is 27.9 Å². The fourth-order valence-electron chi connectivity index (χ4n) is 5.16. The Morgan fingerprint density at radius 3 is 2.71 bits per heavy atom. The lowest BCUT2D eigenvalue weighted by atomic mass is 9.90. The first kappa shape index (κ1) is 25.4. The summed E-state index contributed by atoms with van der Waals surface area (Å²) in [6.07, 6.45) is 0.677. The summed E-state index contributed by atoms with van der Waals surface area (Å²) in [6, 6.07) is 14.5. The number of aromatic nitrogens is 1. The van der Waals surface area contributed by atoms with Crippen LogP contribution in [0.25, 0.3) is 10.9 Å². The summed E-state index contributed by atoms with van der Waals surface area (Å²) in [5.74, 6) is -0.235. The van der Waals surface area contributed by atoms with E-state index in [1.165, 1.54) is 31.2 Å². The predicted molar refractivity (Wildman–Crippen MR) is 141 cm³/mol. The van der Waals surface area contributed by atoms with Crippen molar-refractivity contribution < 1.29 is 28.5 Å². The Morgan fingerprint density at radius 2 is 1.95 bits per heavy atom. The molecule has 2 aromatic heterocycles. The van der Waals surface area contributed by atoms with Crippen molar-refractivity contribution in [3.8, 4) is 17.2 Å². The third-order valence-corrected chi connectivity index (χ3v) is 7.03. The van der Waals surface area contributed by atoms with E-state index < -0.39 is 17.1 Å². The fraction of sp³-hybridized carbons (Fsp3) is 0.310. The van der Waals surface area contributed by atoms with E-state index in [1.54, 1.807) is 30.2 Å². The second kappa shape index (κ2) is 10.6. The minimum atomic E-state index is -0.794. The Kier molecular flexibility index (Phi) is 7.11. The smallest absolute Gasteiger partial charge is 0.227 e. The van der Waals surface area contributed by atoms with Crippen LogP contribution in [0.2, 0.25) is 0 Å². The van der Waals surface area contributed by atoms with E-state index in [-0.39, 0.29) is 30.5 Å². The number of nitrogens with one attached hydrogen (secondary N) is 1. The molecule has 38 heavy (non-hydrogen) atoms. The predicted octanol–water partition coefficient (Wildman–Crippen LogP) is 4.10. The van der Waals surface area contributed by atoms with E-state index in [0.29, 0.717) is 30.2 Å². The van der Waals surface area contributed by atoms with Crippen molar-refractivity contribution in [1.82, 2.24) is 9.88 Å². The standard InChI is InChI=1S/C29H30N2O7/c1-35-16-18-12-25(32)28(34)29(38-18)22(21-9-8-17(36-2)13-26(21)37-3)14-27(33)31-11-10-20-19-6-4-5-7-23(19)30-24(20)15-31/h4-9,12-13,22,30,34H,10-11,14-16H2,1-3H3/t22-/m0/s1. The highest BCUT2D eigenvalue weighted by Gasteiger charge is 2.32. The number of rotatable bonds is 8. The fourth-order valence-corrected chi connectivity index (χ4v) is 5.16. The molecule has 0 saturated heterocycles. The summed E-state index contributed by atoms with van der Waals surface area (Å²) in [7, 11) is 4.54. The number of hydrogen-bond acceptors (Lipinski definition) is 7. The highest BCUT2D eigenvalue weighted by molar-refractivity contribution is 5.86. The number of aromatic amines is 1. The number of benzene rings is 2. The normalized spacial score (nSPS) is 13.8. The molecule has 0 aliphatic carbocycles. The summed E-state index contributed by atoms with van der Waals surface area (Å²) in [6.45, 7) is 1.03. The maximum atomic E-state index is 13.7. The Labute approximate surface area is 219 Å². The zero-order chi connectivity index (χ0) is 26.8. The third-order valence-electron chi connectivity index (χ3n) is 7.03. The summed E-state index contributed by atoms with van der Waals surface area (Å²) in [4.78, 5) is 31.6. The van der Waals surface area contributed by atoms with Gasteiger partial charge in [-0.15, -0.1) is 0 Å². The molecule has 5 rings (SSSR count). The second-order valence-corrected chi connectivity index (χ2v) is 9.28. The van der Waals surface area contributed by atoms with Gasteiger partial charge in [0.05, 0.1) is 26.7 Å². The number of H-pyrrole nitrogens is 1. The van der Waals surface area contributed by atoms with Crippen molar-refractivity contribution in [3.05, 3.63) is 87.1 Å². The first-order valence-corrected chi connectivity index (χ1v) is 12.4. The Hall–Kier alpha value is -4.24. The molecule has 198 valence electrons. The summed E-state index contributed by atoms with van der Waals surface area (Å²) in [5.41, 5.74) is 3.27. The van der Waals surface area contributed by atoms with Crippen molar-refractivity contribution in [3.63, 3.8) is 0 Å². The van der Waals surface area contributed by atoms with Gasteiger partial charge in [-0.1, -0.05) is 24.3 Å². The van der Waals surface area contributed by atoms with Crippen LogP contribution in [0, 0.1) is 0 Å². The molecule has 3 heterocycles. The highest BCUT2D eigenvalue weighted by atomic mass is 16.5. The lowest BCUT2D eigenvalue weighted by molar-refractivity contribution is -0.132. The number of methoxy groups -OCH3 is 3. The number of ether oxygens (including phenoxy) is 3. The van der Waals surface area contributed by atoms with Crippen LogP contribution in [0.3, 0.4) is 0 Å². The quantitative estimate of drug-likeness (QED) is 0.361. The van der Waals surface area contributed by atoms with E-state index in [1.807, 2.05) is 18.2 Å². The average Bonchev–Trinajstić information content (AvgIpc) is 3.31. The molecule has 0 radical (unpaired) electrons. The van der Waals surface area contributed by atoms with Gasteiger partial charge in [-0.3, -0.25) is 9.59 Å². The first-order valence-electron chi connectivity index (χ1n) is 12.4. The molecule has 1 atom stereocenters. The number of nitrogens with zero attached hydrogens (tertiary/aromatic N) is 1. The largest absolute Gasteiger partial charge is 0.502 e. The molecule has 4 aromatic rings. The van der Waals surface area contributed by atoms with Crippen molar-refractivity contribution >= 4 is 16.8 Å². The summed E-state index contributed by atoms with van der Waals surface area (Å²) in [5, 5.41) is 12.0. The second-order valence-electron chi connectivity index (χ2n) is 9.28. The number of aromatic hydroxyl groups is 1. The van der Waals surface area contributed by atoms with Gasteiger partial charge in [-0.25, -0.2) is 0 Å². The van der Waals surface area contributed by atoms with Crippen LogP contribution in [-0.2, 0) is 29.1 Å². The van der Waals surface area contributed by atoms with Crippen molar-refractivity contribution in [1.29, 1.82) is 0 Å². The molecule has 0 saturated carbocycles. The number of carbonyl (C=O) groups excluding carboxylic acids is 1. The Balaban J connectivity index is 1.52. The van der Waals surface area contributed by atoms with Crippen LogP contribution in [0.1, 0.15) is 40.7 Å². The molecule has 0 bridgehead atoms. The van der Waals surface area contributed by atoms with Gasteiger partial charge in [-0.2, -0.15) is 0 Å². The molecule has 0 spiro atoms. The molecule has 1 aliphatic heterocycles. The van der Waals surface area contributed by atoms with Crippen LogP contribution in [0.5, 0.6) is 17.2 Å². The van der Waals surface area contributed by atoms with E-state index in [4.69, 9.17) is 18.6 Å². The average molecular weight is 519 g/mol. The molecule has 1 amide bonds. The van der Waals surface area contributed by atoms with Crippen LogP contribution >= 0.6 is 0 Å². The SMILES string of the molecule is COCc1cc(=O)c(O)c([C@@H](CC(=O)N2CCc3c([nH]c4ccccc34)C2)c2ccc(OC)cc2OC)o1.